The molecule has 4 heteroatoms. The molecule has 19 heavy (non-hydrogen) atoms. The summed E-state index contributed by atoms with van der Waals surface area (Å²) in [4.78, 5) is 11.5. The second-order valence-corrected chi connectivity index (χ2v) is 5.67. The Balaban J connectivity index is 1.81. The van der Waals surface area contributed by atoms with Gasteiger partial charge in [-0.25, -0.2) is 0 Å². The lowest BCUT2D eigenvalue weighted by Crippen LogP contribution is -2.30. The van der Waals surface area contributed by atoms with E-state index in [1.807, 2.05) is 12.1 Å². The number of aryl methyl sites for hydroxylation is 1. The van der Waals surface area contributed by atoms with Crippen LogP contribution in [0.1, 0.15) is 25.3 Å². The predicted molar refractivity (Wildman–Crippen MR) is 79.5 cm³/mol. The Bertz CT molecular complexity index is 548. The van der Waals surface area contributed by atoms with Gasteiger partial charge in [-0.1, -0.05) is 18.2 Å². The van der Waals surface area contributed by atoms with E-state index in [0.29, 0.717) is 13.0 Å². The number of benzene rings is 1. The van der Waals surface area contributed by atoms with Gasteiger partial charge in [-0.15, -0.1) is 11.3 Å². The number of aliphatic hydroxyl groups is 1. The number of nitrogens with one attached hydrogen (secondary N) is 1. The summed E-state index contributed by atoms with van der Waals surface area (Å²) in [6.07, 6.45) is 1.79. The van der Waals surface area contributed by atoms with Gasteiger partial charge in [-0.2, -0.15) is 0 Å². The van der Waals surface area contributed by atoms with Crippen LogP contribution in [0.15, 0.2) is 29.6 Å². The van der Waals surface area contributed by atoms with Gasteiger partial charge < -0.3 is 10.4 Å². The van der Waals surface area contributed by atoms with Gasteiger partial charge in [0, 0.05) is 17.7 Å². The summed E-state index contributed by atoms with van der Waals surface area (Å²) in [6, 6.07) is 8.35. The third kappa shape index (κ3) is 4.04. The second-order valence-electron chi connectivity index (χ2n) is 4.76. The molecule has 1 aromatic carbocycles. The van der Waals surface area contributed by atoms with Crippen LogP contribution in [0.4, 0.5) is 0 Å². The summed E-state index contributed by atoms with van der Waals surface area (Å²) in [7, 11) is 0. The van der Waals surface area contributed by atoms with E-state index in [-0.39, 0.29) is 5.91 Å². The quantitative estimate of drug-likeness (QED) is 0.853. The highest BCUT2D eigenvalue weighted by molar-refractivity contribution is 7.17. The van der Waals surface area contributed by atoms with E-state index >= 15 is 0 Å². The highest BCUT2D eigenvalue weighted by Crippen LogP contribution is 2.26. The van der Waals surface area contributed by atoms with E-state index in [9.17, 15) is 4.79 Å². The SMILES string of the molecule is CC(O)CNC(=O)CCCc1csc2ccccc12. The van der Waals surface area contributed by atoms with Gasteiger partial charge in [0.05, 0.1) is 6.10 Å². The Morgan fingerprint density at radius 3 is 3.00 bits per heavy atom. The fraction of sp³-hybridized carbons (Fsp3) is 0.400. The zero-order valence-electron chi connectivity index (χ0n) is 11.1. The van der Waals surface area contributed by atoms with Crippen molar-refractivity contribution in [1.29, 1.82) is 0 Å². The van der Waals surface area contributed by atoms with Crippen LogP contribution in [-0.2, 0) is 11.2 Å². The predicted octanol–water partition coefficient (Wildman–Crippen LogP) is 2.72. The number of thiophene rings is 1. The summed E-state index contributed by atoms with van der Waals surface area (Å²) in [5, 5.41) is 15.3. The first-order chi connectivity index (χ1) is 9.16. The molecule has 0 saturated carbocycles. The molecule has 2 rings (SSSR count). The lowest BCUT2D eigenvalue weighted by molar-refractivity contribution is -0.121. The summed E-state index contributed by atoms with van der Waals surface area (Å²) in [5.41, 5.74) is 1.32. The number of fused-ring (bicyclic) bond motifs is 1. The van der Waals surface area contributed by atoms with Crippen molar-refractivity contribution >= 4 is 27.3 Å². The van der Waals surface area contributed by atoms with E-state index < -0.39 is 6.10 Å². The van der Waals surface area contributed by atoms with Crippen LogP contribution in [-0.4, -0.2) is 23.7 Å². The maximum atomic E-state index is 11.5. The molecule has 0 aliphatic carbocycles. The minimum Gasteiger partial charge on any atom is -0.392 e. The van der Waals surface area contributed by atoms with Crippen LogP contribution in [0.25, 0.3) is 10.1 Å². The number of amides is 1. The van der Waals surface area contributed by atoms with Crippen molar-refractivity contribution in [1.82, 2.24) is 5.32 Å². The molecule has 0 aliphatic rings. The highest BCUT2D eigenvalue weighted by atomic mass is 32.1. The van der Waals surface area contributed by atoms with Crippen LogP contribution in [0.2, 0.25) is 0 Å². The third-order valence-electron chi connectivity index (χ3n) is 3.01. The zero-order valence-corrected chi connectivity index (χ0v) is 11.9. The zero-order chi connectivity index (χ0) is 13.7. The van der Waals surface area contributed by atoms with Gasteiger partial charge >= 0.3 is 0 Å². The van der Waals surface area contributed by atoms with Gasteiger partial charge in [0.15, 0.2) is 0 Å². The first kappa shape index (κ1) is 14.0. The van der Waals surface area contributed by atoms with Crippen molar-refractivity contribution in [3.63, 3.8) is 0 Å². The van der Waals surface area contributed by atoms with Crippen LogP contribution in [0.3, 0.4) is 0 Å². The first-order valence-electron chi connectivity index (χ1n) is 6.56. The molecular formula is C15H19NO2S. The van der Waals surface area contributed by atoms with E-state index in [4.69, 9.17) is 5.11 Å². The van der Waals surface area contributed by atoms with Gasteiger partial charge in [0.1, 0.15) is 0 Å². The monoisotopic (exact) mass is 277 g/mol. The van der Waals surface area contributed by atoms with E-state index in [1.54, 1.807) is 18.3 Å². The molecule has 0 radical (unpaired) electrons. The molecule has 0 aliphatic heterocycles. The van der Waals surface area contributed by atoms with Gasteiger partial charge in [-0.3, -0.25) is 4.79 Å². The number of hydrogen-bond acceptors (Lipinski definition) is 3. The fourth-order valence-corrected chi connectivity index (χ4v) is 3.01. The van der Waals surface area contributed by atoms with Gasteiger partial charge in [0.2, 0.25) is 5.91 Å². The minimum absolute atomic E-state index is 0.0143. The molecule has 1 heterocycles. The largest absolute Gasteiger partial charge is 0.392 e. The standard InChI is InChI=1S/C15H19NO2S/c1-11(17)9-16-15(18)8-4-5-12-10-19-14-7-3-2-6-13(12)14/h2-3,6-7,10-11,17H,4-5,8-9H2,1H3,(H,16,18). The Kier molecular flexibility index (Phi) is 4.93. The van der Waals surface area contributed by atoms with Crippen LogP contribution < -0.4 is 5.32 Å². The van der Waals surface area contributed by atoms with E-state index in [0.717, 1.165) is 12.8 Å². The lowest BCUT2D eigenvalue weighted by atomic mass is 10.1. The fourth-order valence-electron chi connectivity index (χ4n) is 2.02. The van der Waals surface area contributed by atoms with Crippen molar-refractivity contribution < 1.29 is 9.90 Å². The molecule has 0 bridgehead atoms. The highest BCUT2D eigenvalue weighted by Gasteiger charge is 2.06. The number of hydrogen-bond donors (Lipinski definition) is 2. The van der Waals surface area contributed by atoms with E-state index in [2.05, 4.69) is 22.8 Å². The Hall–Kier alpha value is -1.39. The second kappa shape index (κ2) is 6.68. The summed E-state index contributed by atoms with van der Waals surface area (Å²) in [5.74, 6) is 0.0143. The van der Waals surface area contributed by atoms with Gasteiger partial charge in [0.25, 0.3) is 0 Å². The molecule has 102 valence electrons. The third-order valence-corrected chi connectivity index (χ3v) is 4.02. The molecule has 0 saturated heterocycles. The van der Waals surface area contributed by atoms with Crippen molar-refractivity contribution in [3.05, 3.63) is 35.2 Å². The molecule has 2 aromatic rings. The molecule has 2 N–H and O–H groups in total. The smallest absolute Gasteiger partial charge is 0.220 e. The Labute approximate surface area is 117 Å². The molecule has 1 amide bonds. The number of carbonyl (C=O) groups excluding carboxylic acids is 1. The molecule has 1 atom stereocenters. The van der Waals surface area contributed by atoms with Crippen LogP contribution >= 0.6 is 11.3 Å². The Morgan fingerprint density at radius 2 is 2.21 bits per heavy atom. The minimum atomic E-state index is -0.482. The normalized spacial score (nSPS) is 12.5. The average Bonchev–Trinajstić information content (AvgIpc) is 2.80. The average molecular weight is 277 g/mol. The van der Waals surface area contributed by atoms with Crippen molar-refractivity contribution in [2.45, 2.75) is 32.3 Å². The number of carbonyl (C=O) groups is 1. The maximum absolute atomic E-state index is 11.5. The number of rotatable bonds is 6. The molecular weight excluding hydrogens is 258 g/mol. The topological polar surface area (TPSA) is 49.3 Å². The molecule has 0 fully saturated rings. The summed E-state index contributed by atoms with van der Waals surface area (Å²) >= 11 is 1.75. The Morgan fingerprint density at radius 1 is 1.42 bits per heavy atom. The molecule has 0 spiro atoms. The van der Waals surface area contributed by atoms with Crippen LogP contribution in [0.5, 0.6) is 0 Å². The number of aliphatic hydroxyl groups excluding tert-OH is 1. The van der Waals surface area contributed by atoms with Gasteiger partial charge in [-0.05, 0) is 42.2 Å². The van der Waals surface area contributed by atoms with Crippen molar-refractivity contribution in [2.24, 2.45) is 0 Å². The molecule has 1 aromatic heterocycles. The lowest BCUT2D eigenvalue weighted by Gasteiger charge is -2.06. The van der Waals surface area contributed by atoms with Crippen molar-refractivity contribution in [3.8, 4) is 0 Å². The molecule has 1 unspecified atom stereocenters. The van der Waals surface area contributed by atoms with Crippen LogP contribution in [0, 0.1) is 0 Å². The van der Waals surface area contributed by atoms with Crippen molar-refractivity contribution in [2.75, 3.05) is 6.54 Å². The van der Waals surface area contributed by atoms with E-state index in [1.165, 1.54) is 15.6 Å². The molecule has 3 nitrogen and oxygen atoms in total. The first-order valence-corrected chi connectivity index (χ1v) is 7.44. The summed E-state index contributed by atoms with van der Waals surface area (Å²) < 4.78 is 1.30. The summed E-state index contributed by atoms with van der Waals surface area (Å²) in [6.45, 7) is 2.00. The maximum Gasteiger partial charge on any atom is 0.220 e.